The second kappa shape index (κ2) is 8.62. The van der Waals surface area contributed by atoms with Crippen LogP contribution in [0.3, 0.4) is 0 Å². The van der Waals surface area contributed by atoms with Crippen LogP contribution in [-0.2, 0) is 10.0 Å². The van der Waals surface area contributed by atoms with Gasteiger partial charge in [0.25, 0.3) is 5.91 Å². The van der Waals surface area contributed by atoms with Crippen molar-refractivity contribution in [2.45, 2.75) is 44.0 Å². The molecule has 2 heterocycles. The number of carbonyl (C=O) groups excluding carboxylic acids is 1. The van der Waals surface area contributed by atoms with E-state index in [9.17, 15) is 13.2 Å². The Kier molecular flexibility index (Phi) is 6.21. The number of benzene rings is 1. The van der Waals surface area contributed by atoms with E-state index in [1.807, 2.05) is 6.92 Å². The van der Waals surface area contributed by atoms with E-state index in [1.165, 1.54) is 6.20 Å². The zero-order valence-electron chi connectivity index (χ0n) is 16.0. The molecule has 2 aromatic rings. The zero-order valence-corrected chi connectivity index (χ0v) is 16.8. The van der Waals surface area contributed by atoms with Gasteiger partial charge in [-0.1, -0.05) is 17.7 Å². The molecule has 1 unspecified atom stereocenters. The molecule has 7 nitrogen and oxygen atoms in total. The fourth-order valence-electron chi connectivity index (χ4n) is 3.27. The molecule has 1 aromatic heterocycles. The standard InChI is InChI=1S/C20H24N4O3S/c1-15-7-9-19(10-8-15)28(26,27)24-12-4-6-18(24)13-16(2)22-23-20(25)17-5-3-11-21-14-17/h3,5,7-11,14,18H,4,6,12-13H2,1-2H3,(H,23,25)/b22-16+. The highest BCUT2D eigenvalue weighted by molar-refractivity contribution is 7.89. The van der Waals surface area contributed by atoms with Crippen molar-refractivity contribution < 1.29 is 13.2 Å². The molecule has 0 saturated carbocycles. The Hall–Kier alpha value is -2.58. The van der Waals surface area contributed by atoms with Gasteiger partial charge in [-0.2, -0.15) is 9.41 Å². The van der Waals surface area contributed by atoms with Crippen molar-refractivity contribution in [2.24, 2.45) is 5.10 Å². The summed E-state index contributed by atoms with van der Waals surface area (Å²) < 4.78 is 27.6. The summed E-state index contributed by atoms with van der Waals surface area (Å²) in [4.78, 5) is 16.3. The number of amides is 1. The number of sulfonamides is 1. The first-order valence-corrected chi connectivity index (χ1v) is 10.6. The summed E-state index contributed by atoms with van der Waals surface area (Å²) in [5.74, 6) is -0.344. The summed E-state index contributed by atoms with van der Waals surface area (Å²) in [6.07, 6.45) is 5.11. The average Bonchev–Trinajstić information content (AvgIpc) is 3.16. The van der Waals surface area contributed by atoms with Crippen molar-refractivity contribution in [3.05, 3.63) is 59.9 Å². The Bertz CT molecular complexity index is 957. The summed E-state index contributed by atoms with van der Waals surface area (Å²) in [5, 5.41) is 4.13. The van der Waals surface area contributed by atoms with Gasteiger partial charge in [0, 0.05) is 37.1 Å². The predicted octanol–water partition coefficient (Wildman–Crippen LogP) is 2.74. The van der Waals surface area contributed by atoms with Crippen LogP contribution in [0.5, 0.6) is 0 Å². The van der Waals surface area contributed by atoms with Gasteiger partial charge in [-0.05, 0) is 51.0 Å². The first-order valence-electron chi connectivity index (χ1n) is 9.20. The first-order chi connectivity index (χ1) is 13.4. The van der Waals surface area contributed by atoms with E-state index in [0.717, 1.165) is 18.4 Å². The molecule has 8 heteroatoms. The van der Waals surface area contributed by atoms with Gasteiger partial charge in [-0.15, -0.1) is 0 Å². The van der Waals surface area contributed by atoms with Gasteiger partial charge in [0.2, 0.25) is 10.0 Å². The van der Waals surface area contributed by atoms with Crippen LogP contribution in [0.25, 0.3) is 0 Å². The molecule has 1 saturated heterocycles. The Morgan fingerprint density at radius 1 is 1.29 bits per heavy atom. The number of carbonyl (C=O) groups is 1. The largest absolute Gasteiger partial charge is 0.272 e. The van der Waals surface area contributed by atoms with E-state index >= 15 is 0 Å². The maximum absolute atomic E-state index is 13.0. The minimum atomic E-state index is -3.54. The van der Waals surface area contributed by atoms with Gasteiger partial charge in [0.15, 0.2) is 0 Å². The minimum Gasteiger partial charge on any atom is -0.267 e. The summed E-state index contributed by atoms with van der Waals surface area (Å²) in [5.41, 5.74) is 4.62. The molecular weight excluding hydrogens is 376 g/mol. The molecule has 0 spiro atoms. The first kappa shape index (κ1) is 20.2. The second-order valence-electron chi connectivity index (χ2n) is 6.96. The van der Waals surface area contributed by atoms with E-state index < -0.39 is 10.0 Å². The summed E-state index contributed by atoms with van der Waals surface area (Å²) in [6.45, 7) is 4.21. The third-order valence-corrected chi connectivity index (χ3v) is 6.72. The lowest BCUT2D eigenvalue weighted by molar-refractivity contribution is 0.0954. The number of nitrogens with one attached hydrogen (secondary N) is 1. The molecule has 3 rings (SSSR count). The number of hydrogen-bond acceptors (Lipinski definition) is 5. The van der Waals surface area contributed by atoms with E-state index in [-0.39, 0.29) is 11.9 Å². The molecule has 28 heavy (non-hydrogen) atoms. The molecule has 1 amide bonds. The average molecular weight is 401 g/mol. The Labute approximate surface area is 165 Å². The SMILES string of the molecule is C/C(CC1CCCN1S(=O)(=O)c1ccc(C)cc1)=N\NC(=O)c1cccnc1. The summed E-state index contributed by atoms with van der Waals surface area (Å²) in [7, 11) is -3.54. The number of hydrazone groups is 1. The van der Waals surface area contributed by atoms with E-state index in [0.29, 0.717) is 29.1 Å². The monoisotopic (exact) mass is 400 g/mol. The van der Waals surface area contributed by atoms with Gasteiger partial charge >= 0.3 is 0 Å². The van der Waals surface area contributed by atoms with Gasteiger partial charge in [0.05, 0.1) is 10.5 Å². The molecule has 0 aliphatic carbocycles. The quantitative estimate of drug-likeness (QED) is 0.596. The van der Waals surface area contributed by atoms with Gasteiger partial charge in [-0.3, -0.25) is 9.78 Å². The normalized spacial score (nSPS) is 18.2. The maximum Gasteiger partial charge on any atom is 0.272 e. The topological polar surface area (TPSA) is 91.7 Å². The van der Waals surface area contributed by atoms with E-state index in [1.54, 1.807) is 53.8 Å². The number of aromatic nitrogens is 1. The van der Waals surface area contributed by atoms with Crippen molar-refractivity contribution >= 4 is 21.6 Å². The Balaban J connectivity index is 1.67. The molecule has 1 fully saturated rings. The van der Waals surface area contributed by atoms with Gasteiger partial charge in [0.1, 0.15) is 0 Å². The number of pyridine rings is 1. The van der Waals surface area contributed by atoms with Crippen molar-refractivity contribution in [3.8, 4) is 0 Å². The number of aryl methyl sites for hydroxylation is 1. The van der Waals surface area contributed by atoms with Gasteiger partial charge in [-0.25, -0.2) is 13.8 Å². The fraction of sp³-hybridized carbons (Fsp3) is 0.350. The fourth-order valence-corrected chi connectivity index (χ4v) is 4.96. The highest BCUT2D eigenvalue weighted by Gasteiger charge is 2.35. The van der Waals surface area contributed by atoms with Crippen LogP contribution >= 0.6 is 0 Å². The molecular formula is C20H24N4O3S. The van der Waals surface area contributed by atoms with Crippen LogP contribution in [-0.4, -0.2) is 41.9 Å². The third-order valence-electron chi connectivity index (χ3n) is 4.75. The molecule has 1 aromatic carbocycles. The van der Waals surface area contributed by atoms with Crippen LogP contribution in [0.4, 0.5) is 0 Å². The predicted molar refractivity (Wildman–Crippen MR) is 108 cm³/mol. The Morgan fingerprint density at radius 2 is 2.04 bits per heavy atom. The van der Waals surface area contributed by atoms with Crippen molar-refractivity contribution in [3.63, 3.8) is 0 Å². The molecule has 0 bridgehead atoms. The van der Waals surface area contributed by atoms with E-state index in [4.69, 9.17) is 0 Å². The summed E-state index contributed by atoms with van der Waals surface area (Å²) >= 11 is 0. The maximum atomic E-state index is 13.0. The highest BCUT2D eigenvalue weighted by Crippen LogP contribution is 2.28. The third kappa shape index (κ3) is 4.63. The molecule has 1 aliphatic rings. The molecule has 1 aliphatic heterocycles. The minimum absolute atomic E-state index is 0.162. The Morgan fingerprint density at radius 3 is 2.71 bits per heavy atom. The van der Waals surface area contributed by atoms with Gasteiger partial charge < -0.3 is 0 Å². The highest BCUT2D eigenvalue weighted by atomic mass is 32.2. The smallest absolute Gasteiger partial charge is 0.267 e. The summed E-state index contributed by atoms with van der Waals surface area (Å²) in [6, 6.07) is 10.1. The molecule has 0 radical (unpaired) electrons. The van der Waals surface area contributed by atoms with Crippen molar-refractivity contribution in [1.29, 1.82) is 0 Å². The lowest BCUT2D eigenvalue weighted by Gasteiger charge is -2.24. The number of rotatable bonds is 6. The number of nitrogens with zero attached hydrogens (tertiary/aromatic N) is 3. The second-order valence-corrected chi connectivity index (χ2v) is 8.85. The lowest BCUT2D eigenvalue weighted by Crippen LogP contribution is -2.36. The van der Waals surface area contributed by atoms with Crippen LogP contribution in [0, 0.1) is 6.92 Å². The van der Waals surface area contributed by atoms with Crippen molar-refractivity contribution in [2.75, 3.05) is 6.54 Å². The van der Waals surface area contributed by atoms with Crippen LogP contribution in [0.1, 0.15) is 42.1 Å². The zero-order chi connectivity index (χ0) is 20.1. The lowest BCUT2D eigenvalue weighted by atomic mass is 10.1. The van der Waals surface area contributed by atoms with E-state index in [2.05, 4.69) is 15.5 Å². The number of hydrogen-bond donors (Lipinski definition) is 1. The molecule has 1 atom stereocenters. The molecule has 148 valence electrons. The van der Waals surface area contributed by atoms with Crippen LogP contribution in [0.15, 0.2) is 58.8 Å². The van der Waals surface area contributed by atoms with Crippen LogP contribution in [0.2, 0.25) is 0 Å². The van der Waals surface area contributed by atoms with Crippen LogP contribution < -0.4 is 5.43 Å². The molecule has 1 N–H and O–H groups in total. The van der Waals surface area contributed by atoms with Crippen molar-refractivity contribution in [1.82, 2.24) is 14.7 Å².